The first-order valence-electron chi connectivity index (χ1n) is 9.24. The van der Waals surface area contributed by atoms with Crippen LogP contribution < -0.4 is 10.1 Å². The molecular weight excluding hydrogens is 406 g/mol. The molecule has 1 aromatic heterocycles. The van der Waals surface area contributed by atoms with E-state index in [4.69, 9.17) is 16.3 Å². The number of urea groups is 1. The number of halogens is 1. The van der Waals surface area contributed by atoms with Crippen molar-refractivity contribution in [3.8, 4) is 5.75 Å². The van der Waals surface area contributed by atoms with Crippen molar-refractivity contribution < 1.29 is 14.3 Å². The summed E-state index contributed by atoms with van der Waals surface area (Å²) in [6, 6.07) is 10.1. The third-order valence-electron chi connectivity index (χ3n) is 4.75. The van der Waals surface area contributed by atoms with Crippen molar-refractivity contribution in [1.82, 2.24) is 19.4 Å². The topological polar surface area (TPSA) is 79.7 Å². The molecule has 1 heterocycles. The number of carbonyl (C=O) groups is 2. The van der Waals surface area contributed by atoms with Crippen LogP contribution in [-0.4, -0.2) is 59.5 Å². The van der Waals surface area contributed by atoms with Gasteiger partial charge in [0.15, 0.2) is 0 Å². The minimum atomic E-state index is -0.328. The first-order chi connectivity index (χ1) is 14.2. The number of imidazole rings is 1. The maximum absolute atomic E-state index is 12.7. The van der Waals surface area contributed by atoms with Gasteiger partial charge in [0, 0.05) is 38.8 Å². The average molecular weight is 430 g/mol. The Labute approximate surface area is 180 Å². The number of anilines is 1. The molecule has 8 nitrogen and oxygen atoms in total. The number of carbonyl (C=O) groups excluding carboxylic acids is 2. The minimum absolute atomic E-state index is 0.0870. The molecule has 3 aromatic rings. The second-order valence-electron chi connectivity index (χ2n) is 7.12. The van der Waals surface area contributed by atoms with Gasteiger partial charge in [0.1, 0.15) is 11.6 Å². The van der Waals surface area contributed by atoms with Crippen molar-refractivity contribution >= 4 is 40.3 Å². The Morgan fingerprint density at radius 1 is 1.17 bits per heavy atom. The zero-order valence-corrected chi connectivity index (χ0v) is 18.3. The van der Waals surface area contributed by atoms with Gasteiger partial charge in [-0.25, -0.2) is 9.78 Å². The van der Waals surface area contributed by atoms with Crippen LogP contribution >= 0.6 is 11.6 Å². The number of amides is 3. The lowest BCUT2D eigenvalue weighted by Crippen LogP contribution is -2.31. The number of hydrogen-bond donors (Lipinski definition) is 1. The summed E-state index contributed by atoms with van der Waals surface area (Å²) in [5, 5.41) is 3.30. The number of hydrogen-bond acceptors (Lipinski definition) is 4. The van der Waals surface area contributed by atoms with Crippen LogP contribution in [0.3, 0.4) is 0 Å². The molecule has 3 amide bonds. The fourth-order valence-electron chi connectivity index (χ4n) is 3.05. The lowest BCUT2D eigenvalue weighted by Gasteiger charge is -2.19. The fourth-order valence-corrected chi connectivity index (χ4v) is 3.23. The SMILES string of the molecule is COc1ccc(Cl)cc1NC(=O)N(C)Cc1nc2cc(C(=O)N(C)C)ccc2n1C. The average Bonchev–Trinajstić information content (AvgIpc) is 3.02. The molecule has 0 bridgehead atoms. The number of methoxy groups -OCH3 is 1. The van der Waals surface area contributed by atoms with Crippen molar-refractivity contribution in [3.05, 3.63) is 52.8 Å². The first kappa shape index (κ1) is 21.4. The number of ether oxygens (including phenoxy) is 1. The Kier molecular flexibility index (Phi) is 6.17. The molecule has 0 aliphatic rings. The quantitative estimate of drug-likeness (QED) is 0.672. The smallest absolute Gasteiger partial charge is 0.322 e. The molecular formula is C21H24ClN5O3. The van der Waals surface area contributed by atoms with Gasteiger partial charge < -0.3 is 24.4 Å². The predicted molar refractivity (Wildman–Crippen MR) is 117 cm³/mol. The van der Waals surface area contributed by atoms with E-state index in [-0.39, 0.29) is 18.5 Å². The van der Waals surface area contributed by atoms with E-state index in [0.29, 0.717) is 33.4 Å². The second kappa shape index (κ2) is 8.62. The van der Waals surface area contributed by atoms with Crippen LogP contribution in [0, 0.1) is 0 Å². The van der Waals surface area contributed by atoms with Crippen molar-refractivity contribution in [2.24, 2.45) is 7.05 Å². The molecule has 158 valence electrons. The molecule has 0 aliphatic carbocycles. The summed E-state index contributed by atoms with van der Waals surface area (Å²) in [4.78, 5) is 32.5. The minimum Gasteiger partial charge on any atom is -0.495 e. The van der Waals surface area contributed by atoms with Gasteiger partial charge in [-0.05, 0) is 36.4 Å². The van der Waals surface area contributed by atoms with Crippen molar-refractivity contribution in [2.45, 2.75) is 6.54 Å². The van der Waals surface area contributed by atoms with Gasteiger partial charge in [-0.15, -0.1) is 0 Å². The molecule has 0 unspecified atom stereocenters. The number of nitrogens with one attached hydrogen (secondary N) is 1. The van der Waals surface area contributed by atoms with Gasteiger partial charge in [0.05, 0.1) is 30.4 Å². The molecule has 0 saturated carbocycles. The van der Waals surface area contributed by atoms with Crippen LogP contribution in [0.1, 0.15) is 16.2 Å². The number of benzene rings is 2. The van der Waals surface area contributed by atoms with E-state index >= 15 is 0 Å². The van der Waals surface area contributed by atoms with Crippen molar-refractivity contribution in [1.29, 1.82) is 0 Å². The fraction of sp³-hybridized carbons (Fsp3) is 0.286. The van der Waals surface area contributed by atoms with Crippen LogP contribution in [0.5, 0.6) is 5.75 Å². The summed E-state index contributed by atoms with van der Waals surface area (Å²) in [5.74, 6) is 1.12. The largest absolute Gasteiger partial charge is 0.495 e. The molecule has 0 atom stereocenters. The highest BCUT2D eigenvalue weighted by molar-refractivity contribution is 6.31. The predicted octanol–water partition coefficient (Wildman–Crippen LogP) is 3.60. The standard InChI is InChI=1S/C21H24ClN5O3/c1-25(2)20(28)13-6-8-17-15(10-13)23-19(27(17)4)12-26(3)21(29)24-16-11-14(22)7-9-18(16)30-5/h6-11H,12H2,1-5H3,(H,24,29). The van der Waals surface area contributed by atoms with Crippen LogP contribution in [0.25, 0.3) is 11.0 Å². The Bertz CT molecular complexity index is 1110. The van der Waals surface area contributed by atoms with Crippen molar-refractivity contribution in [3.63, 3.8) is 0 Å². The third-order valence-corrected chi connectivity index (χ3v) is 4.99. The lowest BCUT2D eigenvalue weighted by atomic mass is 10.2. The summed E-state index contributed by atoms with van der Waals surface area (Å²) in [6.07, 6.45) is 0. The van der Waals surface area contributed by atoms with Crippen LogP contribution in [0.4, 0.5) is 10.5 Å². The summed E-state index contributed by atoms with van der Waals surface area (Å²) < 4.78 is 7.17. The van der Waals surface area contributed by atoms with Gasteiger partial charge in [0.25, 0.3) is 5.91 Å². The molecule has 0 aliphatic heterocycles. The third kappa shape index (κ3) is 4.33. The normalized spacial score (nSPS) is 10.7. The number of fused-ring (bicyclic) bond motifs is 1. The van der Waals surface area contributed by atoms with E-state index in [0.717, 1.165) is 5.52 Å². The molecule has 0 fully saturated rings. The lowest BCUT2D eigenvalue weighted by molar-refractivity contribution is 0.0827. The molecule has 0 saturated heterocycles. The van der Waals surface area contributed by atoms with Crippen LogP contribution in [-0.2, 0) is 13.6 Å². The Morgan fingerprint density at radius 2 is 1.90 bits per heavy atom. The highest BCUT2D eigenvalue weighted by Crippen LogP contribution is 2.28. The van der Waals surface area contributed by atoms with E-state index in [9.17, 15) is 9.59 Å². The van der Waals surface area contributed by atoms with E-state index in [2.05, 4.69) is 10.3 Å². The molecule has 0 radical (unpaired) electrons. The maximum atomic E-state index is 12.7. The zero-order chi connectivity index (χ0) is 22.0. The second-order valence-corrected chi connectivity index (χ2v) is 7.56. The Balaban J connectivity index is 1.80. The molecule has 0 spiro atoms. The molecule has 2 aromatic carbocycles. The van der Waals surface area contributed by atoms with Gasteiger partial charge in [-0.1, -0.05) is 11.6 Å². The van der Waals surface area contributed by atoms with Gasteiger partial charge in [-0.2, -0.15) is 0 Å². The molecule has 1 N–H and O–H groups in total. The molecule has 30 heavy (non-hydrogen) atoms. The maximum Gasteiger partial charge on any atom is 0.322 e. The number of nitrogens with zero attached hydrogens (tertiary/aromatic N) is 4. The molecule has 9 heteroatoms. The Hall–Kier alpha value is -3.26. The first-order valence-corrected chi connectivity index (χ1v) is 9.61. The van der Waals surface area contributed by atoms with E-state index < -0.39 is 0 Å². The van der Waals surface area contributed by atoms with Crippen LogP contribution in [0.15, 0.2) is 36.4 Å². The molecule has 3 rings (SSSR count). The zero-order valence-electron chi connectivity index (χ0n) is 17.6. The van der Waals surface area contributed by atoms with Gasteiger partial charge in [-0.3, -0.25) is 4.79 Å². The van der Waals surface area contributed by atoms with Gasteiger partial charge >= 0.3 is 6.03 Å². The van der Waals surface area contributed by atoms with E-state index in [1.165, 1.54) is 16.9 Å². The summed E-state index contributed by atoms with van der Waals surface area (Å²) in [7, 11) is 8.49. The summed E-state index contributed by atoms with van der Waals surface area (Å²) in [5.41, 5.74) is 2.63. The Morgan fingerprint density at radius 3 is 2.57 bits per heavy atom. The highest BCUT2D eigenvalue weighted by atomic mass is 35.5. The van der Waals surface area contributed by atoms with Crippen molar-refractivity contribution in [2.75, 3.05) is 33.6 Å². The highest BCUT2D eigenvalue weighted by Gasteiger charge is 2.17. The number of rotatable bonds is 5. The summed E-state index contributed by atoms with van der Waals surface area (Å²) in [6.45, 7) is 0.275. The number of aryl methyl sites for hydroxylation is 1. The monoisotopic (exact) mass is 429 g/mol. The number of aromatic nitrogens is 2. The van der Waals surface area contributed by atoms with E-state index in [1.807, 2.05) is 17.7 Å². The van der Waals surface area contributed by atoms with Gasteiger partial charge in [0.2, 0.25) is 0 Å². The van der Waals surface area contributed by atoms with Crippen LogP contribution in [0.2, 0.25) is 5.02 Å². The summed E-state index contributed by atoms with van der Waals surface area (Å²) >= 11 is 6.03. The van der Waals surface area contributed by atoms with E-state index in [1.54, 1.807) is 51.5 Å².